The molecule has 2 aromatic rings. The first-order chi connectivity index (χ1) is 12.3. The smallest absolute Gasteiger partial charge is 1.00 e. The maximum absolute atomic E-state index is 2.57. The maximum atomic E-state index is 2.57. The summed E-state index contributed by atoms with van der Waals surface area (Å²) in [5.41, 5.74) is 2.74. The van der Waals surface area contributed by atoms with Crippen LogP contribution in [0.15, 0.2) is 72.8 Å². The van der Waals surface area contributed by atoms with Gasteiger partial charge in [0.15, 0.2) is 0 Å². The third-order valence-electron chi connectivity index (χ3n) is 6.12. The Morgan fingerprint density at radius 1 is 0.897 bits per heavy atom. The van der Waals surface area contributed by atoms with E-state index in [1.54, 1.807) is 5.19 Å². The standard InChI is InChI=1S/C24H29Si.3ClH.Ti/c1-4-10-20(11-5-1)19-24(16-8-3-9-17-24)25-23-15-14-22(18-23)21-12-6-2-7-13-21;;;;/h2-3,6-9,12-16,18,20H,1,4-5,10-11,17,19,25H2;3*1H;/q-1;;;;+4/p-3. The fourth-order valence-electron chi connectivity index (χ4n) is 4.85. The van der Waals surface area contributed by atoms with E-state index in [9.17, 15) is 0 Å². The quantitative estimate of drug-likeness (QED) is 0.296. The fourth-order valence-corrected chi connectivity index (χ4v) is 7.34. The van der Waals surface area contributed by atoms with E-state index in [2.05, 4.69) is 72.8 Å². The van der Waals surface area contributed by atoms with E-state index >= 15 is 0 Å². The van der Waals surface area contributed by atoms with Crippen molar-refractivity contribution in [3.8, 4) is 11.1 Å². The predicted octanol–water partition coefficient (Wildman–Crippen LogP) is -3.48. The molecule has 0 N–H and O–H groups in total. The second-order valence-corrected chi connectivity index (χ2v) is 10.7. The van der Waals surface area contributed by atoms with Crippen LogP contribution in [0.1, 0.15) is 44.9 Å². The summed E-state index contributed by atoms with van der Waals surface area (Å²) in [7, 11) is -0.331. The van der Waals surface area contributed by atoms with Gasteiger partial charge in [0.05, 0.1) is 0 Å². The van der Waals surface area contributed by atoms with Crippen LogP contribution in [0.25, 0.3) is 11.1 Å². The summed E-state index contributed by atoms with van der Waals surface area (Å²) >= 11 is 0. The summed E-state index contributed by atoms with van der Waals surface area (Å²) in [6.45, 7) is 0. The molecular formula is C24H29Cl3SiTi. The number of hydrogen-bond donors (Lipinski definition) is 0. The summed E-state index contributed by atoms with van der Waals surface area (Å²) in [5.74, 6) is 0.959. The van der Waals surface area contributed by atoms with Gasteiger partial charge in [0.25, 0.3) is 0 Å². The Kier molecular flexibility index (Phi) is 13.9. The summed E-state index contributed by atoms with van der Waals surface area (Å²) in [5, 5.41) is 2.11. The van der Waals surface area contributed by atoms with Crippen molar-refractivity contribution >= 4 is 14.7 Å². The van der Waals surface area contributed by atoms with Crippen molar-refractivity contribution in [2.45, 2.75) is 50.0 Å². The van der Waals surface area contributed by atoms with Crippen molar-refractivity contribution in [1.29, 1.82) is 0 Å². The van der Waals surface area contributed by atoms with Gasteiger partial charge in [0.1, 0.15) is 0 Å². The fraction of sp³-hybridized carbons (Fsp3) is 0.375. The molecule has 0 bridgehead atoms. The van der Waals surface area contributed by atoms with E-state index in [4.69, 9.17) is 0 Å². The zero-order valence-corrected chi connectivity index (χ0v) is 22.0. The topological polar surface area (TPSA) is 0 Å². The molecule has 0 radical (unpaired) electrons. The monoisotopic (exact) mass is 498 g/mol. The van der Waals surface area contributed by atoms with E-state index in [1.807, 2.05) is 0 Å². The largest absolute Gasteiger partial charge is 4.00 e. The normalized spacial score (nSPS) is 21.0. The number of benzene rings is 1. The zero-order valence-electron chi connectivity index (χ0n) is 16.8. The van der Waals surface area contributed by atoms with Crippen LogP contribution >= 0.6 is 0 Å². The molecule has 0 amide bonds. The van der Waals surface area contributed by atoms with Gasteiger partial charge in [0, 0.05) is 9.52 Å². The molecule has 0 heterocycles. The Bertz CT molecular complexity index is 750. The van der Waals surface area contributed by atoms with Crippen molar-refractivity contribution in [1.82, 2.24) is 0 Å². The molecule has 2 aliphatic carbocycles. The third kappa shape index (κ3) is 7.80. The maximum Gasteiger partial charge on any atom is 4.00 e. The minimum atomic E-state index is -0.331. The van der Waals surface area contributed by atoms with Gasteiger partial charge in [-0.05, 0) is 23.8 Å². The van der Waals surface area contributed by atoms with E-state index in [0.29, 0.717) is 5.04 Å². The van der Waals surface area contributed by atoms with Gasteiger partial charge in [-0.2, -0.15) is 22.9 Å². The SMILES string of the molecule is C1=CCC(CC2CCCCC2)([SiH2][c-]2ccc(-c3ccccc3)c2)C=C1.[Cl-].[Cl-].[Cl-].[Ti+4]. The Labute approximate surface area is 212 Å². The summed E-state index contributed by atoms with van der Waals surface area (Å²) in [6, 6.07) is 18.0. The van der Waals surface area contributed by atoms with Gasteiger partial charge in [-0.15, -0.1) is 0 Å². The van der Waals surface area contributed by atoms with E-state index in [-0.39, 0.29) is 68.5 Å². The minimum Gasteiger partial charge on any atom is -1.00 e. The average Bonchev–Trinajstić information content (AvgIpc) is 3.12. The molecular weight excluding hydrogens is 471 g/mol. The van der Waals surface area contributed by atoms with Gasteiger partial charge in [0.2, 0.25) is 0 Å². The summed E-state index contributed by atoms with van der Waals surface area (Å²) in [6.07, 6.45) is 19.5. The van der Waals surface area contributed by atoms with Crippen LogP contribution in [0.5, 0.6) is 0 Å². The average molecular weight is 500 g/mol. The first kappa shape index (κ1) is 28.9. The molecule has 0 spiro atoms. The van der Waals surface area contributed by atoms with Gasteiger partial charge < -0.3 is 37.2 Å². The van der Waals surface area contributed by atoms with Crippen LogP contribution in [-0.4, -0.2) is 9.52 Å². The van der Waals surface area contributed by atoms with Crippen LogP contribution in [0.2, 0.25) is 5.04 Å². The zero-order chi connectivity index (χ0) is 17.0. The number of rotatable bonds is 5. The van der Waals surface area contributed by atoms with Crippen molar-refractivity contribution in [2.75, 3.05) is 0 Å². The molecule has 2 aliphatic rings. The van der Waals surface area contributed by atoms with Crippen LogP contribution in [-0.2, 0) is 21.7 Å². The second-order valence-electron chi connectivity index (χ2n) is 8.11. The van der Waals surface area contributed by atoms with Crippen molar-refractivity contribution < 1.29 is 58.9 Å². The molecule has 4 rings (SSSR count). The minimum absolute atomic E-state index is 0. The Hall–Kier alpha value is -0.149. The third-order valence-corrected chi connectivity index (χ3v) is 8.49. The van der Waals surface area contributed by atoms with Gasteiger partial charge in [-0.25, -0.2) is 6.07 Å². The number of allylic oxidation sites excluding steroid dienone is 4. The number of halogens is 3. The molecule has 0 nitrogen and oxygen atoms in total. The van der Waals surface area contributed by atoms with Gasteiger partial charge >= 0.3 is 21.7 Å². The molecule has 0 aliphatic heterocycles. The van der Waals surface area contributed by atoms with E-state index in [1.165, 1.54) is 56.1 Å². The first-order valence-electron chi connectivity index (χ1n) is 9.98. The predicted molar refractivity (Wildman–Crippen MR) is 112 cm³/mol. The molecule has 2 aromatic carbocycles. The van der Waals surface area contributed by atoms with Crippen molar-refractivity contribution in [3.05, 3.63) is 72.8 Å². The van der Waals surface area contributed by atoms with Crippen LogP contribution in [0.3, 0.4) is 0 Å². The molecule has 0 aromatic heterocycles. The van der Waals surface area contributed by atoms with E-state index < -0.39 is 0 Å². The first-order valence-corrected chi connectivity index (χ1v) is 11.4. The molecule has 1 fully saturated rings. The molecule has 0 saturated heterocycles. The molecule has 1 atom stereocenters. The van der Waals surface area contributed by atoms with Crippen molar-refractivity contribution in [3.63, 3.8) is 0 Å². The molecule has 29 heavy (non-hydrogen) atoms. The van der Waals surface area contributed by atoms with Crippen molar-refractivity contribution in [2.24, 2.45) is 5.92 Å². The summed E-state index contributed by atoms with van der Waals surface area (Å²) in [4.78, 5) is 0. The van der Waals surface area contributed by atoms with Crippen LogP contribution in [0.4, 0.5) is 0 Å². The molecule has 5 heteroatoms. The van der Waals surface area contributed by atoms with Gasteiger partial charge in [-0.3, -0.25) is 0 Å². The Balaban J connectivity index is 0.00000196. The molecule has 1 saturated carbocycles. The van der Waals surface area contributed by atoms with E-state index in [0.717, 1.165) is 5.92 Å². The second kappa shape index (κ2) is 14.0. The molecule has 154 valence electrons. The summed E-state index contributed by atoms with van der Waals surface area (Å²) < 4.78 is 0. The van der Waals surface area contributed by atoms with Gasteiger partial charge in [-0.1, -0.05) is 92.3 Å². The Morgan fingerprint density at radius 2 is 1.62 bits per heavy atom. The van der Waals surface area contributed by atoms with Crippen LogP contribution < -0.4 is 42.4 Å². The molecule has 1 unspecified atom stereocenters. The van der Waals surface area contributed by atoms with Crippen LogP contribution in [0, 0.1) is 5.92 Å². The Morgan fingerprint density at radius 3 is 2.28 bits per heavy atom. The number of hydrogen-bond acceptors (Lipinski definition) is 0.